The van der Waals surface area contributed by atoms with Crippen LogP contribution in [0, 0.1) is 0 Å². The van der Waals surface area contributed by atoms with Gasteiger partial charge in [-0.05, 0) is 29.8 Å². The van der Waals surface area contributed by atoms with Crippen LogP contribution in [0.25, 0.3) is 11.1 Å². The number of amides is 1. The van der Waals surface area contributed by atoms with Crippen LogP contribution in [-0.2, 0) is 24.8 Å². The average molecular weight is 362 g/mol. The molecule has 3 N–H and O–H groups in total. The second-order valence-corrected chi connectivity index (χ2v) is 6.76. The molecule has 0 spiro atoms. The smallest absolute Gasteiger partial charge is 0.219 e. The van der Waals surface area contributed by atoms with E-state index in [2.05, 4.69) is 15.4 Å². The first-order chi connectivity index (χ1) is 13.0. The minimum absolute atomic E-state index is 0.0944. The number of aromatic nitrogens is 3. The summed E-state index contributed by atoms with van der Waals surface area (Å²) in [5.74, 6) is 1.41. The Hall–Kier alpha value is -3.35. The minimum Gasteiger partial charge on any atom is -0.384 e. The maximum absolute atomic E-state index is 11.7. The molecule has 0 atom stereocenters. The number of nitrogens with zero attached hydrogens (tertiary/aromatic N) is 4. The number of rotatable bonds is 3. The maximum atomic E-state index is 11.7. The molecule has 0 aliphatic carbocycles. The minimum atomic E-state index is 0.0944. The normalized spacial score (nSPS) is 13.3. The van der Waals surface area contributed by atoms with Crippen LogP contribution in [0.1, 0.15) is 18.2 Å². The Kier molecular flexibility index (Phi) is 4.27. The highest BCUT2D eigenvalue weighted by Crippen LogP contribution is 2.29. The number of benzene rings is 1. The molecule has 1 aliphatic heterocycles. The molecule has 0 fully saturated rings. The highest BCUT2D eigenvalue weighted by atomic mass is 16.2. The fraction of sp³-hybridized carbons (Fsp3) is 0.250. The van der Waals surface area contributed by atoms with Gasteiger partial charge in [0.2, 0.25) is 5.91 Å². The van der Waals surface area contributed by atoms with Crippen molar-refractivity contribution < 1.29 is 4.79 Å². The number of nitrogens with one attached hydrogen (secondary N) is 1. The fourth-order valence-electron chi connectivity index (χ4n) is 3.42. The van der Waals surface area contributed by atoms with Crippen LogP contribution < -0.4 is 11.1 Å². The third-order valence-corrected chi connectivity index (χ3v) is 4.95. The lowest BCUT2D eigenvalue weighted by Crippen LogP contribution is -2.34. The molecule has 0 bridgehead atoms. The topological polar surface area (TPSA) is 89.1 Å². The number of nitrogen functional groups attached to an aromatic ring is 1. The third-order valence-electron chi connectivity index (χ3n) is 4.95. The van der Waals surface area contributed by atoms with Gasteiger partial charge in [-0.15, -0.1) is 0 Å². The van der Waals surface area contributed by atoms with E-state index < -0.39 is 0 Å². The van der Waals surface area contributed by atoms with Gasteiger partial charge in [0.1, 0.15) is 5.82 Å². The number of carbonyl (C=O) groups excluding carboxylic acids is 1. The Morgan fingerprint density at radius 3 is 2.56 bits per heavy atom. The van der Waals surface area contributed by atoms with Gasteiger partial charge < -0.3 is 16.0 Å². The van der Waals surface area contributed by atoms with Crippen molar-refractivity contribution in [2.75, 3.05) is 17.6 Å². The summed E-state index contributed by atoms with van der Waals surface area (Å²) < 4.78 is 1.91. The van der Waals surface area contributed by atoms with Crippen molar-refractivity contribution in [3.05, 3.63) is 53.9 Å². The second-order valence-electron chi connectivity index (χ2n) is 6.76. The summed E-state index contributed by atoms with van der Waals surface area (Å²) in [4.78, 5) is 17.7. The molecule has 1 aliphatic rings. The van der Waals surface area contributed by atoms with E-state index in [-0.39, 0.29) is 5.91 Å². The van der Waals surface area contributed by atoms with Crippen molar-refractivity contribution in [2.45, 2.75) is 19.9 Å². The molecule has 0 saturated carbocycles. The van der Waals surface area contributed by atoms with Crippen molar-refractivity contribution in [1.82, 2.24) is 19.7 Å². The number of hydrogen-bond acceptors (Lipinski definition) is 5. The monoisotopic (exact) mass is 362 g/mol. The van der Waals surface area contributed by atoms with Gasteiger partial charge in [0.25, 0.3) is 0 Å². The summed E-state index contributed by atoms with van der Waals surface area (Å²) in [5, 5.41) is 8.01. The highest BCUT2D eigenvalue weighted by Gasteiger charge is 2.25. The van der Waals surface area contributed by atoms with Gasteiger partial charge in [-0.3, -0.25) is 9.48 Å². The van der Waals surface area contributed by atoms with Gasteiger partial charge in [0.15, 0.2) is 5.82 Å². The lowest BCUT2D eigenvalue weighted by Gasteiger charge is -2.26. The van der Waals surface area contributed by atoms with Crippen LogP contribution in [0.5, 0.6) is 0 Å². The van der Waals surface area contributed by atoms with Gasteiger partial charge in [-0.25, -0.2) is 4.98 Å². The predicted molar refractivity (Wildman–Crippen MR) is 105 cm³/mol. The Morgan fingerprint density at radius 1 is 1.15 bits per heavy atom. The molecule has 0 saturated heterocycles. The molecule has 27 heavy (non-hydrogen) atoms. The Morgan fingerprint density at radius 2 is 1.89 bits per heavy atom. The van der Waals surface area contributed by atoms with E-state index in [0.29, 0.717) is 12.4 Å². The van der Waals surface area contributed by atoms with Gasteiger partial charge >= 0.3 is 0 Å². The Balaban J connectivity index is 1.56. The van der Waals surface area contributed by atoms with Crippen LogP contribution in [0.15, 0.2) is 42.6 Å². The van der Waals surface area contributed by atoms with Gasteiger partial charge in [0, 0.05) is 55.6 Å². The van der Waals surface area contributed by atoms with E-state index in [9.17, 15) is 4.79 Å². The number of pyridine rings is 1. The average Bonchev–Trinajstić information content (AvgIpc) is 2.98. The van der Waals surface area contributed by atoms with Gasteiger partial charge in [0.05, 0.1) is 6.54 Å². The Labute approximate surface area is 157 Å². The van der Waals surface area contributed by atoms with E-state index in [1.54, 1.807) is 19.2 Å². The largest absolute Gasteiger partial charge is 0.384 e. The molecule has 7 heteroatoms. The van der Waals surface area contributed by atoms with Crippen molar-refractivity contribution in [3.63, 3.8) is 0 Å². The fourth-order valence-corrected chi connectivity index (χ4v) is 3.42. The molecular weight excluding hydrogens is 340 g/mol. The molecule has 138 valence electrons. The van der Waals surface area contributed by atoms with E-state index in [1.165, 1.54) is 5.69 Å². The number of carbonyl (C=O) groups is 1. The zero-order valence-electron chi connectivity index (χ0n) is 15.4. The first kappa shape index (κ1) is 17.1. The lowest BCUT2D eigenvalue weighted by atomic mass is 10.1. The summed E-state index contributed by atoms with van der Waals surface area (Å²) in [5.41, 5.74) is 10.9. The summed E-state index contributed by atoms with van der Waals surface area (Å²) >= 11 is 0. The number of fused-ring (bicyclic) bond motifs is 1. The molecule has 7 nitrogen and oxygen atoms in total. The van der Waals surface area contributed by atoms with Crippen molar-refractivity contribution in [2.24, 2.45) is 7.05 Å². The van der Waals surface area contributed by atoms with Crippen LogP contribution >= 0.6 is 0 Å². The highest BCUT2D eigenvalue weighted by molar-refractivity contribution is 5.74. The predicted octanol–water partition coefficient (Wildman–Crippen LogP) is 2.71. The SMILES string of the molecule is CC(=O)N1CCc2c(c(Nc3ccc(-c4ccc(N)nc4)cc3)nn2C)C1. The summed E-state index contributed by atoms with van der Waals surface area (Å²) in [7, 11) is 1.95. The van der Waals surface area contributed by atoms with Crippen LogP contribution in [0.3, 0.4) is 0 Å². The van der Waals surface area contributed by atoms with Gasteiger partial charge in [-0.2, -0.15) is 5.10 Å². The van der Waals surface area contributed by atoms with Gasteiger partial charge in [-0.1, -0.05) is 12.1 Å². The standard InChI is InChI=1S/C20H22N6O/c1-13(27)26-10-9-18-17(12-26)20(24-25(18)2)23-16-6-3-14(4-7-16)15-5-8-19(21)22-11-15/h3-8,11H,9-10,12H2,1-2H3,(H2,21,22)(H,23,24). The zero-order chi connectivity index (χ0) is 19.0. The van der Waals surface area contributed by atoms with E-state index in [0.717, 1.165) is 41.2 Å². The third kappa shape index (κ3) is 3.36. The molecule has 3 heterocycles. The lowest BCUT2D eigenvalue weighted by molar-refractivity contribution is -0.129. The molecule has 4 rings (SSSR count). The molecular formula is C20H22N6O. The molecule has 1 aromatic carbocycles. The summed E-state index contributed by atoms with van der Waals surface area (Å²) in [6, 6.07) is 11.8. The van der Waals surface area contributed by atoms with Crippen molar-refractivity contribution in [1.29, 1.82) is 0 Å². The van der Waals surface area contributed by atoms with E-state index >= 15 is 0 Å². The van der Waals surface area contributed by atoms with Crippen LogP contribution in [0.4, 0.5) is 17.3 Å². The molecule has 0 radical (unpaired) electrons. The van der Waals surface area contributed by atoms with Crippen molar-refractivity contribution >= 4 is 23.2 Å². The first-order valence-electron chi connectivity index (χ1n) is 8.90. The molecule has 2 aromatic heterocycles. The van der Waals surface area contributed by atoms with Crippen molar-refractivity contribution in [3.8, 4) is 11.1 Å². The second kappa shape index (κ2) is 6.75. The molecule has 3 aromatic rings. The number of aryl methyl sites for hydroxylation is 1. The zero-order valence-corrected chi connectivity index (χ0v) is 15.4. The van der Waals surface area contributed by atoms with Crippen LogP contribution in [0.2, 0.25) is 0 Å². The quantitative estimate of drug-likeness (QED) is 0.748. The van der Waals surface area contributed by atoms with E-state index in [4.69, 9.17) is 5.73 Å². The number of anilines is 3. The number of hydrogen-bond donors (Lipinski definition) is 2. The summed E-state index contributed by atoms with van der Waals surface area (Å²) in [6.45, 7) is 2.95. The Bertz CT molecular complexity index is 975. The maximum Gasteiger partial charge on any atom is 0.219 e. The molecule has 0 unspecified atom stereocenters. The first-order valence-corrected chi connectivity index (χ1v) is 8.90. The van der Waals surface area contributed by atoms with E-state index in [1.807, 2.05) is 47.0 Å². The number of nitrogens with two attached hydrogens (primary N) is 1. The summed E-state index contributed by atoms with van der Waals surface area (Å²) in [6.07, 6.45) is 2.59. The molecule has 1 amide bonds. The van der Waals surface area contributed by atoms with Crippen LogP contribution in [-0.4, -0.2) is 32.1 Å².